The molecule has 0 bridgehead atoms. The molecule has 2 nitrogen and oxygen atoms in total. The first kappa shape index (κ1) is 13.4. The molecule has 0 saturated carbocycles. The highest BCUT2D eigenvalue weighted by Crippen LogP contribution is 2.21. The average molecular weight is 239 g/mol. The van der Waals surface area contributed by atoms with E-state index in [0.717, 1.165) is 18.8 Å². The van der Waals surface area contributed by atoms with Crippen LogP contribution in [0.4, 0.5) is 0 Å². The molecule has 3 heteroatoms. The zero-order valence-corrected chi connectivity index (χ0v) is 11.1. The molecule has 1 N–H and O–H groups in total. The van der Waals surface area contributed by atoms with Crippen LogP contribution < -0.4 is 10.1 Å². The van der Waals surface area contributed by atoms with Gasteiger partial charge in [-0.1, -0.05) is 12.1 Å². The number of hydrogen-bond acceptors (Lipinski definition) is 3. The summed E-state index contributed by atoms with van der Waals surface area (Å²) in [4.78, 5) is 0. The van der Waals surface area contributed by atoms with Gasteiger partial charge in [0.05, 0.1) is 6.61 Å². The van der Waals surface area contributed by atoms with Gasteiger partial charge >= 0.3 is 0 Å². The third-order valence-corrected chi connectivity index (χ3v) is 3.20. The van der Waals surface area contributed by atoms with Crippen LogP contribution in [0.1, 0.15) is 24.9 Å². The molecular formula is C13H21NOS. The number of rotatable bonds is 7. The zero-order chi connectivity index (χ0) is 11.8. The van der Waals surface area contributed by atoms with Crippen molar-refractivity contribution in [2.45, 2.75) is 19.4 Å². The van der Waals surface area contributed by atoms with E-state index in [1.165, 1.54) is 11.3 Å². The van der Waals surface area contributed by atoms with E-state index in [0.29, 0.717) is 6.04 Å². The Bertz CT molecular complexity index is 286. The summed E-state index contributed by atoms with van der Waals surface area (Å²) in [6, 6.07) is 8.83. The first-order valence-electron chi connectivity index (χ1n) is 5.70. The van der Waals surface area contributed by atoms with Crippen molar-refractivity contribution in [1.82, 2.24) is 5.32 Å². The first-order valence-corrected chi connectivity index (χ1v) is 7.10. The summed E-state index contributed by atoms with van der Waals surface area (Å²) in [6.45, 7) is 2.73. The highest BCUT2D eigenvalue weighted by molar-refractivity contribution is 7.98. The molecule has 1 aromatic carbocycles. The van der Waals surface area contributed by atoms with Gasteiger partial charge in [-0.25, -0.2) is 0 Å². The van der Waals surface area contributed by atoms with Crippen LogP contribution in [0.2, 0.25) is 0 Å². The predicted octanol–water partition coefficient (Wildman–Crippen LogP) is 3.10. The van der Waals surface area contributed by atoms with Crippen LogP contribution in [0.5, 0.6) is 5.75 Å². The molecular weight excluding hydrogens is 218 g/mol. The topological polar surface area (TPSA) is 21.3 Å². The summed E-state index contributed by atoms with van der Waals surface area (Å²) in [5.74, 6) is 2.13. The third-order valence-electron chi connectivity index (χ3n) is 2.55. The van der Waals surface area contributed by atoms with Gasteiger partial charge in [0.25, 0.3) is 0 Å². The Morgan fingerprint density at radius 3 is 2.50 bits per heavy atom. The second-order valence-electron chi connectivity index (χ2n) is 3.62. The highest BCUT2D eigenvalue weighted by Gasteiger charge is 2.08. The van der Waals surface area contributed by atoms with Crippen LogP contribution in [0, 0.1) is 0 Å². The molecule has 16 heavy (non-hydrogen) atoms. The van der Waals surface area contributed by atoms with Crippen molar-refractivity contribution >= 4 is 11.8 Å². The third kappa shape index (κ3) is 4.06. The van der Waals surface area contributed by atoms with E-state index in [9.17, 15) is 0 Å². The number of ether oxygens (including phenoxy) is 1. The largest absolute Gasteiger partial charge is 0.494 e. The van der Waals surface area contributed by atoms with E-state index in [1.807, 2.05) is 37.9 Å². The van der Waals surface area contributed by atoms with Gasteiger partial charge in [-0.2, -0.15) is 11.8 Å². The molecule has 0 saturated heterocycles. The van der Waals surface area contributed by atoms with Crippen molar-refractivity contribution in [3.05, 3.63) is 29.8 Å². The second kappa shape index (κ2) is 7.58. The standard InChI is InChI=1S/C13H21NOS/c1-4-15-12-7-5-11(6-8-12)13(14-2)9-10-16-3/h5-8,13-14H,4,9-10H2,1-3H3. The fourth-order valence-corrected chi connectivity index (χ4v) is 2.15. The van der Waals surface area contributed by atoms with Gasteiger partial charge in [0.2, 0.25) is 0 Å². The molecule has 0 heterocycles. The number of thioether (sulfide) groups is 1. The van der Waals surface area contributed by atoms with Crippen LogP contribution in [0.3, 0.4) is 0 Å². The summed E-state index contributed by atoms with van der Waals surface area (Å²) in [7, 11) is 2.02. The molecule has 90 valence electrons. The fraction of sp³-hybridized carbons (Fsp3) is 0.538. The first-order chi connectivity index (χ1) is 7.81. The Hall–Kier alpha value is -0.670. The molecule has 1 atom stereocenters. The Morgan fingerprint density at radius 2 is 2.00 bits per heavy atom. The van der Waals surface area contributed by atoms with Crippen molar-refractivity contribution in [1.29, 1.82) is 0 Å². The summed E-state index contributed by atoms with van der Waals surface area (Å²) >= 11 is 1.89. The lowest BCUT2D eigenvalue weighted by Gasteiger charge is -2.16. The highest BCUT2D eigenvalue weighted by atomic mass is 32.2. The Labute approximate surface area is 103 Å². The van der Waals surface area contributed by atoms with Crippen molar-refractivity contribution in [3.63, 3.8) is 0 Å². The maximum absolute atomic E-state index is 5.43. The molecule has 0 fully saturated rings. The van der Waals surface area contributed by atoms with Crippen LogP contribution in [-0.2, 0) is 0 Å². The van der Waals surface area contributed by atoms with Crippen LogP contribution in [0.25, 0.3) is 0 Å². The van der Waals surface area contributed by atoms with Gasteiger partial charge in [-0.05, 0) is 50.1 Å². The van der Waals surface area contributed by atoms with E-state index in [1.54, 1.807) is 0 Å². The van der Waals surface area contributed by atoms with Crippen LogP contribution in [0.15, 0.2) is 24.3 Å². The van der Waals surface area contributed by atoms with Crippen LogP contribution in [-0.4, -0.2) is 25.7 Å². The van der Waals surface area contributed by atoms with Crippen molar-refractivity contribution in [2.24, 2.45) is 0 Å². The normalized spacial score (nSPS) is 12.4. The lowest BCUT2D eigenvalue weighted by molar-refractivity contribution is 0.340. The summed E-state index contributed by atoms with van der Waals surface area (Å²) < 4.78 is 5.43. The quantitative estimate of drug-likeness (QED) is 0.790. The maximum Gasteiger partial charge on any atom is 0.119 e. The van der Waals surface area contributed by atoms with E-state index >= 15 is 0 Å². The van der Waals surface area contributed by atoms with Gasteiger partial charge in [0.15, 0.2) is 0 Å². The second-order valence-corrected chi connectivity index (χ2v) is 4.61. The maximum atomic E-state index is 5.43. The molecule has 0 aliphatic heterocycles. The van der Waals surface area contributed by atoms with Crippen LogP contribution >= 0.6 is 11.8 Å². The lowest BCUT2D eigenvalue weighted by atomic mass is 10.0. The fourth-order valence-electron chi connectivity index (χ4n) is 1.68. The minimum Gasteiger partial charge on any atom is -0.494 e. The monoisotopic (exact) mass is 239 g/mol. The molecule has 1 rings (SSSR count). The van der Waals surface area contributed by atoms with Gasteiger partial charge in [-0.15, -0.1) is 0 Å². The molecule has 0 aliphatic carbocycles. The molecule has 1 aromatic rings. The van der Waals surface area contributed by atoms with Crippen molar-refractivity contribution < 1.29 is 4.74 Å². The Balaban J connectivity index is 2.62. The summed E-state index contributed by atoms with van der Waals surface area (Å²) in [5.41, 5.74) is 1.33. The van der Waals surface area contributed by atoms with Gasteiger partial charge < -0.3 is 10.1 Å². The minimum absolute atomic E-state index is 0.447. The van der Waals surface area contributed by atoms with E-state index in [2.05, 4.69) is 23.7 Å². The predicted molar refractivity (Wildman–Crippen MR) is 72.4 cm³/mol. The van der Waals surface area contributed by atoms with Gasteiger partial charge in [0.1, 0.15) is 5.75 Å². The molecule has 0 radical (unpaired) electrons. The number of nitrogens with one attached hydrogen (secondary N) is 1. The Kier molecular flexibility index (Phi) is 6.34. The summed E-state index contributed by atoms with van der Waals surface area (Å²) in [6.07, 6.45) is 3.30. The van der Waals surface area contributed by atoms with E-state index in [-0.39, 0.29) is 0 Å². The van der Waals surface area contributed by atoms with Gasteiger partial charge in [-0.3, -0.25) is 0 Å². The zero-order valence-electron chi connectivity index (χ0n) is 10.3. The molecule has 1 unspecified atom stereocenters. The minimum atomic E-state index is 0.447. The van der Waals surface area contributed by atoms with E-state index in [4.69, 9.17) is 4.74 Å². The lowest BCUT2D eigenvalue weighted by Crippen LogP contribution is -2.16. The molecule has 0 aliphatic rings. The average Bonchev–Trinajstić information content (AvgIpc) is 2.32. The Morgan fingerprint density at radius 1 is 1.31 bits per heavy atom. The van der Waals surface area contributed by atoms with E-state index < -0.39 is 0 Å². The van der Waals surface area contributed by atoms with Gasteiger partial charge in [0, 0.05) is 6.04 Å². The molecule has 0 amide bonds. The summed E-state index contributed by atoms with van der Waals surface area (Å²) in [5, 5.41) is 3.35. The smallest absolute Gasteiger partial charge is 0.119 e. The SMILES string of the molecule is CCOc1ccc(C(CCSC)NC)cc1. The van der Waals surface area contributed by atoms with Crippen molar-refractivity contribution in [3.8, 4) is 5.75 Å². The van der Waals surface area contributed by atoms with Crippen molar-refractivity contribution in [2.75, 3.05) is 25.7 Å². The number of benzene rings is 1. The molecule has 0 spiro atoms. The number of hydrogen-bond donors (Lipinski definition) is 1. The molecule has 0 aromatic heterocycles.